The van der Waals surface area contributed by atoms with Crippen LogP contribution in [0, 0.1) is 25.7 Å². The van der Waals surface area contributed by atoms with Gasteiger partial charge in [-0.15, -0.1) is 0 Å². The first kappa shape index (κ1) is 21.0. The van der Waals surface area contributed by atoms with E-state index in [1.54, 1.807) is 0 Å². The van der Waals surface area contributed by atoms with Gasteiger partial charge in [0.2, 0.25) is 5.91 Å². The highest BCUT2D eigenvalue weighted by molar-refractivity contribution is 5.79. The Morgan fingerprint density at radius 3 is 2.59 bits per heavy atom. The Morgan fingerprint density at radius 2 is 1.84 bits per heavy atom. The summed E-state index contributed by atoms with van der Waals surface area (Å²) < 4.78 is 7.60. The summed E-state index contributed by atoms with van der Waals surface area (Å²) in [6.45, 7) is 7.20. The lowest BCUT2D eigenvalue weighted by atomic mass is 9.99. The third kappa shape index (κ3) is 4.35. The molecule has 1 fully saturated rings. The zero-order valence-electron chi connectivity index (χ0n) is 18.9. The lowest BCUT2D eigenvalue weighted by Gasteiger charge is -2.24. The van der Waals surface area contributed by atoms with E-state index >= 15 is 0 Å². The smallest absolute Gasteiger partial charge is 0.225 e. The van der Waals surface area contributed by atoms with Crippen LogP contribution in [0.2, 0.25) is 0 Å². The van der Waals surface area contributed by atoms with E-state index in [-0.39, 0.29) is 11.8 Å². The molecule has 0 aliphatic carbocycles. The molecule has 5 nitrogen and oxygen atoms in total. The first-order chi connectivity index (χ1) is 15.6. The SMILES string of the molecule is Cc1ccc(-c2ccc(-c3cn4c(n3)CCC(CNC(=O)C3CCOC3)C4)cc2)cc1C. The van der Waals surface area contributed by atoms with Gasteiger partial charge in [0.25, 0.3) is 0 Å². The maximum atomic E-state index is 12.3. The molecule has 5 rings (SSSR count). The minimum atomic E-state index is 0.0285. The molecule has 1 amide bonds. The van der Waals surface area contributed by atoms with E-state index in [0.29, 0.717) is 19.1 Å². The van der Waals surface area contributed by atoms with Crippen molar-refractivity contribution in [3.05, 3.63) is 65.6 Å². The topological polar surface area (TPSA) is 56.2 Å². The van der Waals surface area contributed by atoms with Gasteiger partial charge in [0.1, 0.15) is 5.82 Å². The maximum Gasteiger partial charge on any atom is 0.225 e. The second-order valence-corrected chi connectivity index (χ2v) is 9.28. The van der Waals surface area contributed by atoms with E-state index in [4.69, 9.17) is 9.72 Å². The van der Waals surface area contributed by atoms with Crippen molar-refractivity contribution in [2.75, 3.05) is 19.8 Å². The fourth-order valence-corrected chi connectivity index (χ4v) is 4.71. The summed E-state index contributed by atoms with van der Waals surface area (Å²) in [6, 6.07) is 15.3. The number of hydrogen-bond acceptors (Lipinski definition) is 3. The van der Waals surface area contributed by atoms with Gasteiger partial charge >= 0.3 is 0 Å². The molecule has 0 radical (unpaired) electrons. The third-order valence-corrected chi connectivity index (χ3v) is 6.98. The van der Waals surface area contributed by atoms with E-state index < -0.39 is 0 Å². The Morgan fingerprint density at radius 1 is 1.06 bits per heavy atom. The Bertz CT molecular complexity index is 1110. The number of aryl methyl sites for hydroxylation is 3. The lowest BCUT2D eigenvalue weighted by Crippen LogP contribution is -2.37. The zero-order valence-corrected chi connectivity index (χ0v) is 18.9. The number of fused-ring (bicyclic) bond motifs is 1. The van der Waals surface area contributed by atoms with Gasteiger partial charge in [-0.05, 0) is 54.9 Å². The minimum Gasteiger partial charge on any atom is -0.381 e. The molecule has 2 atom stereocenters. The number of amides is 1. The second-order valence-electron chi connectivity index (χ2n) is 9.28. The van der Waals surface area contributed by atoms with Crippen molar-refractivity contribution in [1.82, 2.24) is 14.9 Å². The molecule has 2 aliphatic rings. The van der Waals surface area contributed by atoms with Crippen LogP contribution < -0.4 is 5.32 Å². The summed E-state index contributed by atoms with van der Waals surface area (Å²) in [5.74, 6) is 1.76. The number of ether oxygens (including phenoxy) is 1. The Hall–Kier alpha value is -2.92. The van der Waals surface area contributed by atoms with Crippen molar-refractivity contribution in [3.63, 3.8) is 0 Å². The second kappa shape index (κ2) is 8.91. The van der Waals surface area contributed by atoms with Crippen molar-refractivity contribution in [2.24, 2.45) is 11.8 Å². The van der Waals surface area contributed by atoms with Crippen LogP contribution in [0.15, 0.2) is 48.7 Å². The molecule has 3 heterocycles. The van der Waals surface area contributed by atoms with Crippen molar-refractivity contribution in [1.29, 1.82) is 0 Å². The highest BCUT2D eigenvalue weighted by Crippen LogP contribution is 2.28. The zero-order chi connectivity index (χ0) is 22.1. The number of hydrogen-bond donors (Lipinski definition) is 1. The van der Waals surface area contributed by atoms with Gasteiger partial charge < -0.3 is 14.6 Å². The van der Waals surface area contributed by atoms with Gasteiger partial charge in [0.15, 0.2) is 0 Å². The number of nitrogens with zero attached hydrogens (tertiary/aromatic N) is 2. The van der Waals surface area contributed by atoms with E-state index in [1.807, 2.05) is 0 Å². The third-order valence-electron chi connectivity index (χ3n) is 6.98. The van der Waals surface area contributed by atoms with Crippen LogP contribution in [0.1, 0.15) is 29.8 Å². The first-order valence-electron chi connectivity index (χ1n) is 11.7. The Balaban J connectivity index is 1.24. The van der Waals surface area contributed by atoms with Gasteiger partial charge in [-0.2, -0.15) is 0 Å². The molecule has 0 saturated carbocycles. The van der Waals surface area contributed by atoms with E-state index in [9.17, 15) is 4.79 Å². The molecule has 2 unspecified atom stereocenters. The fraction of sp³-hybridized carbons (Fsp3) is 0.407. The molecule has 2 aliphatic heterocycles. The predicted octanol–water partition coefficient (Wildman–Crippen LogP) is 4.55. The monoisotopic (exact) mass is 429 g/mol. The summed E-state index contributed by atoms with van der Waals surface area (Å²) in [6.07, 6.45) is 5.02. The van der Waals surface area contributed by atoms with Crippen molar-refractivity contribution >= 4 is 5.91 Å². The molecular weight excluding hydrogens is 398 g/mol. The number of imidazole rings is 1. The quantitative estimate of drug-likeness (QED) is 0.647. The normalized spacial score (nSPS) is 20.2. The highest BCUT2D eigenvalue weighted by atomic mass is 16.5. The van der Waals surface area contributed by atoms with Crippen molar-refractivity contribution in [2.45, 2.75) is 39.7 Å². The molecule has 0 spiro atoms. The largest absolute Gasteiger partial charge is 0.381 e. The van der Waals surface area contributed by atoms with E-state index in [1.165, 1.54) is 22.3 Å². The standard InChI is InChI=1S/C27H31N3O2/c1-18-3-5-23(13-19(18)2)21-6-8-22(9-7-21)25-16-30-15-20(4-10-26(30)29-25)14-28-27(31)24-11-12-32-17-24/h3,5-9,13,16,20,24H,4,10-12,14-15,17H2,1-2H3,(H,28,31). The highest BCUT2D eigenvalue weighted by Gasteiger charge is 2.25. The van der Waals surface area contributed by atoms with Gasteiger partial charge in [-0.3, -0.25) is 4.79 Å². The number of nitrogens with one attached hydrogen (secondary N) is 1. The van der Waals surface area contributed by atoms with Gasteiger partial charge in [0.05, 0.1) is 18.2 Å². The van der Waals surface area contributed by atoms with Crippen LogP contribution in [0.4, 0.5) is 0 Å². The summed E-state index contributed by atoms with van der Waals surface area (Å²) in [5, 5.41) is 3.14. The Kier molecular flexibility index (Phi) is 5.83. The Labute approximate surface area is 189 Å². The minimum absolute atomic E-state index is 0.0285. The summed E-state index contributed by atoms with van der Waals surface area (Å²) in [5.41, 5.74) is 7.28. The van der Waals surface area contributed by atoms with Crippen molar-refractivity contribution in [3.8, 4) is 22.4 Å². The van der Waals surface area contributed by atoms with Gasteiger partial charge in [-0.1, -0.05) is 42.5 Å². The number of benzene rings is 2. The lowest BCUT2D eigenvalue weighted by molar-refractivity contribution is -0.125. The van der Waals surface area contributed by atoms with Crippen LogP contribution in [0.25, 0.3) is 22.4 Å². The van der Waals surface area contributed by atoms with Gasteiger partial charge in [-0.25, -0.2) is 4.98 Å². The number of carbonyl (C=O) groups is 1. The predicted molar refractivity (Wildman–Crippen MR) is 126 cm³/mol. The molecular formula is C27H31N3O2. The van der Waals surface area contributed by atoms with Crippen molar-refractivity contribution < 1.29 is 9.53 Å². The maximum absolute atomic E-state index is 12.3. The average molecular weight is 430 g/mol. The first-order valence-corrected chi connectivity index (χ1v) is 11.7. The molecule has 2 aromatic carbocycles. The molecule has 1 N–H and O–H groups in total. The molecule has 3 aromatic rings. The average Bonchev–Trinajstić information content (AvgIpc) is 3.49. The van der Waals surface area contributed by atoms with Crippen LogP contribution in [0.5, 0.6) is 0 Å². The number of aromatic nitrogens is 2. The fourth-order valence-electron chi connectivity index (χ4n) is 4.71. The van der Waals surface area contributed by atoms with E-state index in [2.05, 4.69) is 72.4 Å². The van der Waals surface area contributed by atoms with Gasteiger partial charge in [0, 0.05) is 37.9 Å². The summed E-state index contributed by atoms with van der Waals surface area (Å²) in [7, 11) is 0. The van der Waals surface area contributed by atoms with Crippen LogP contribution >= 0.6 is 0 Å². The van der Waals surface area contributed by atoms with Crippen LogP contribution in [-0.2, 0) is 22.5 Å². The number of carbonyl (C=O) groups excluding carboxylic acids is 1. The van der Waals surface area contributed by atoms with E-state index in [0.717, 1.165) is 49.4 Å². The molecule has 32 heavy (non-hydrogen) atoms. The molecule has 0 bridgehead atoms. The summed E-state index contributed by atoms with van der Waals surface area (Å²) in [4.78, 5) is 17.2. The molecule has 1 saturated heterocycles. The summed E-state index contributed by atoms with van der Waals surface area (Å²) >= 11 is 0. The molecule has 166 valence electrons. The number of rotatable bonds is 5. The van der Waals surface area contributed by atoms with Crippen LogP contribution in [-0.4, -0.2) is 35.2 Å². The van der Waals surface area contributed by atoms with Crippen LogP contribution in [0.3, 0.4) is 0 Å². The molecule has 5 heteroatoms. The molecule has 1 aromatic heterocycles.